The molecule has 63 heavy (non-hydrogen) atoms. The topological polar surface area (TPSA) is 64.1 Å². The summed E-state index contributed by atoms with van der Waals surface area (Å²) in [7, 11) is 0. The fourth-order valence-corrected chi connectivity index (χ4v) is 9.13. The smallest absolute Gasteiger partial charge is 0.161 e. The van der Waals surface area contributed by atoms with Crippen LogP contribution in [0.4, 0.5) is 0 Å². The summed E-state index contributed by atoms with van der Waals surface area (Å²) in [6.45, 7) is 19.9. The zero-order valence-electron chi connectivity index (χ0n) is 37.6. The number of pyridine rings is 1. The lowest BCUT2D eigenvalue weighted by Gasteiger charge is -2.28. The first-order valence-electron chi connectivity index (χ1n) is 22.0. The Bertz CT molecular complexity index is 3400. The highest BCUT2D eigenvalue weighted by Crippen LogP contribution is 2.46. The number of furan rings is 1. The van der Waals surface area contributed by atoms with Crippen LogP contribution in [0.1, 0.15) is 79.0 Å². The Morgan fingerprint density at radius 3 is 2.00 bits per heavy atom. The van der Waals surface area contributed by atoms with Crippen molar-refractivity contribution in [2.45, 2.75) is 78.6 Å². The summed E-state index contributed by atoms with van der Waals surface area (Å²) in [6.07, 6.45) is 1.88. The Morgan fingerprint density at radius 1 is 0.540 bits per heavy atom. The molecule has 0 atom stereocenters. The predicted molar refractivity (Wildman–Crippen MR) is 263 cm³/mol. The van der Waals surface area contributed by atoms with Crippen molar-refractivity contribution in [2.24, 2.45) is 0 Å². The second kappa shape index (κ2) is 14.6. The molecule has 0 amide bonds. The van der Waals surface area contributed by atoms with Gasteiger partial charge in [0.2, 0.25) is 0 Å². The first kappa shape index (κ1) is 40.1. The first-order valence-corrected chi connectivity index (χ1v) is 22.0. The van der Waals surface area contributed by atoms with Crippen LogP contribution in [0.25, 0.3) is 94.3 Å². The van der Waals surface area contributed by atoms with Crippen LogP contribution >= 0.6 is 0 Å². The molecule has 5 nitrogen and oxygen atoms in total. The number of para-hydroxylation sites is 1. The van der Waals surface area contributed by atoms with Crippen molar-refractivity contribution in [1.82, 2.24) is 14.5 Å². The minimum atomic E-state index is -0.323. The molecule has 3 aromatic heterocycles. The number of rotatable bonds is 5. The number of aromatic nitrogens is 3. The van der Waals surface area contributed by atoms with Crippen LogP contribution in [0.15, 0.2) is 156 Å². The maximum atomic E-state index is 12.5. The van der Waals surface area contributed by atoms with Crippen molar-refractivity contribution >= 4 is 43.7 Å². The summed E-state index contributed by atoms with van der Waals surface area (Å²) in [6, 6.07) is 51.4. The number of imidazole rings is 1. The molecule has 0 aliphatic rings. The van der Waals surface area contributed by atoms with Gasteiger partial charge >= 0.3 is 0 Å². The molecule has 0 unspecified atom stereocenters. The number of hydrogen-bond donors (Lipinski definition) is 1. The number of phenols is 1. The van der Waals surface area contributed by atoms with Gasteiger partial charge in [-0.1, -0.05) is 165 Å². The van der Waals surface area contributed by atoms with E-state index < -0.39 is 0 Å². The molecule has 0 aliphatic heterocycles. The third-order valence-electron chi connectivity index (χ3n) is 12.6. The predicted octanol–water partition coefficient (Wildman–Crippen LogP) is 15.7. The van der Waals surface area contributed by atoms with E-state index in [1.54, 1.807) is 0 Å². The Hall–Kier alpha value is -6.98. The molecule has 0 saturated carbocycles. The molecule has 0 fully saturated rings. The first-order chi connectivity index (χ1) is 30.1. The summed E-state index contributed by atoms with van der Waals surface area (Å²) in [4.78, 5) is 10.6. The summed E-state index contributed by atoms with van der Waals surface area (Å²) in [5.41, 5.74) is 13.7. The molecule has 10 rings (SSSR count). The van der Waals surface area contributed by atoms with Gasteiger partial charge in [0.05, 0.1) is 22.3 Å². The number of fused-ring (bicyclic) bond motifs is 6. The van der Waals surface area contributed by atoms with Gasteiger partial charge in [0.25, 0.3) is 0 Å². The standard InChI is InChI=1S/C58H53N3O2/c1-56(2,3)39-26-27-47(44(32-39)35-17-11-10-12-18-35)61-48-24-16-23-42(52(48)60-55(61)45-33-40(57(4,5)6)34-46(53(45)62)58(7,8)9)37-20-15-21-38(31-37)51-54-43(29-30-59-51)50-41-22-14-13-19-36(41)25-28-49(50)63-54/h10-34,62H,1-9H3. The molecule has 10 aromatic rings. The SMILES string of the molecule is CC(C)(C)c1ccc(-n2c(-c3cc(C(C)(C)C)cc(C(C)(C)C)c3O)nc3c(-c4cccc(-c5nccc6c5oc5ccc7ccccc7c56)c4)cccc32)c(-c2ccccc2)c1. The number of hydrogen-bond acceptors (Lipinski definition) is 4. The van der Waals surface area contributed by atoms with E-state index in [1.165, 1.54) is 10.9 Å². The highest BCUT2D eigenvalue weighted by Gasteiger charge is 2.30. The zero-order chi connectivity index (χ0) is 44.0. The van der Waals surface area contributed by atoms with Crippen molar-refractivity contribution < 1.29 is 9.52 Å². The lowest BCUT2D eigenvalue weighted by molar-refractivity contribution is 0.446. The zero-order valence-corrected chi connectivity index (χ0v) is 37.6. The Kier molecular flexibility index (Phi) is 9.27. The van der Waals surface area contributed by atoms with E-state index in [1.807, 2.05) is 6.20 Å². The van der Waals surface area contributed by atoms with Crippen molar-refractivity contribution in [1.29, 1.82) is 0 Å². The van der Waals surface area contributed by atoms with Crippen LogP contribution in [0.5, 0.6) is 5.75 Å². The number of phenolic OH excluding ortho intramolecular Hbond substituents is 1. The fourth-order valence-electron chi connectivity index (χ4n) is 9.13. The van der Waals surface area contributed by atoms with Gasteiger partial charge in [0.1, 0.15) is 22.9 Å². The van der Waals surface area contributed by atoms with Gasteiger partial charge in [-0.05, 0) is 91.7 Å². The second-order valence-corrected chi connectivity index (χ2v) is 20.1. The van der Waals surface area contributed by atoms with E-state index in [9.17, 15) is 5.11 Å². The summed E-state index contributed by atoms with van der Waals surface area (Å²) in [5.74, 6) is 0.935. The van der Waals surface area contributed by atoms with Crippen molar-refractivity contribution in [2.75, 3.05) is 0 Å². The van der Waals surface area contributed by atoms with Gasteiger partial charge in [-0.15, -0.1) is 0 Å². The third-order valence-corrected chi connectivity index (χ3v) is 12.6. The van der Waals surface area contributed by atoms with Gasteiger partial charge in [0.15, 0.2) is 5.58 Å². The van der Waals surface area contributed by atoms with Gasteiger partial charge < -0.3 is 9.52 Å². The van der Waals surface area contributed by atoms with Crippen molar-refractivity contribution in [3.8, 4) is 56.3 Å². The average Bonchev–Trinajstić information content (AvgIpc) is 3.85. The van der Waals surface area contributed by atoms with Crippen LogP contribution in [-0.4, -0.2) is 19.6 Å². The molecule has 0 aliphatic carbocycles. The normalized spacial score (nSPS) is 12.6. The number of aromatic hydroxyl groups is 1. The van der Waals surface area contributed by atoms with E-state index in [0.29, 0.717) is 11.4 Å². The summed E-state index contributed by atoms with van der Waals surface area (Å²) >= 11 is 0. The molecule has 0 saturated heterocycles. The molecule has 1 N–H and O–H groups in total. The second-order valence-electron chi connectivity index (χ2n) is 20.1. The van der Waals surface area contributed by atoms with E-state index in [0.717, 1.165) is 88.7 Å². The van der Waals surface area contributed by atoms with Crippen LogP contribution in [0.3, 0.4) is 0 Å². The van der Waals surface area contributed by atoms with Gasteiger partial charge in [-0.25, -0.2) is 4.98 Å². The molecule has 5 heteroatoms. The molecule has 312 valence electrons. The number of nitrogens with zero attached hydrogens (tertiary/aromatic N) is 3. The van der Waals surface area contributed by atoms with Gasteiger partial charge in [-0.2, -0.15) is 0 Å². The van der Waals surface area contributed by atoms with Crippen molar-refractivity contribution in [3.63, 3.8) is 0 Å². The maximum absolute atomic E-state index is 12.5. The van der Waals surface area contributed by atoms with Crippen molar-refractivity contribution in [3.05, 3.63) is 168 Å². The quantitative estimate of drug-likeness (QED) is 0.188. The minimum absolute atomic E-state index is 0.0731. The van der Waals surface area contributed by atoms with Gasteiger partial charge in [0, 0.05) is 39.2 Å². The molecule has 7 aromatic carbocycles. The van der Waals surface area contributed by atoms with Gasteiger partial charge in [-0.3, -0.25) is 9.55 Å². The van der Waals surface area contributed by atoms with E-state index >= 15 is 0 Å². The highest BCUT2D eigenvalue weighted by molar-refractivity contribution is 6.20. The lowest BCUT2D eigenvalue weighted by atomic mass is 9.79. The fraction of sp³-hybridized carbons (Fsp3) is 0.207. The molecular weight excluding hydrogens is 771 g/mol. The summed E-state index contributed by atoms with van der Waals surface area (Å²) in [5, 5.41) is 17.0. The average molecular weight is 824 g/mol. The maximum Gasteiger partial charge on any atom is 0.161 e. The lowest BCUT2D eigenvalue weighted by Crippen LogP contribution is -2.17. The minimum Gasteiger partial charge on any atom is -0.507 e. The summed E-state index contributed by atoms with van der Waals surface area (Å²) < 4.78 is 8.90. The third kappa shape index (κ3) is 6.87. The van der Waals surface area contributed by atoms with Crippen LogP contribution < -0.4 is 0 Å². The highest BCUT2D eigenvalue weighted by atomic mass is 16.3. The van der Waals surface area contributed by atoms with E-state index in [-0.39, 0.29) is 22.0 Å². The molecule has 0 radical (unpaired) electrons. The molecule has 0 spiro atoms. The molecular formula is C58H53N3O2. The van der Waals surface area contributed by atoms with E-state index in [2.05, 4.69) is 212 Å². The molecule has 0 bridgehead atoms. The van der Waals surface area contributed by atoms with E-state index in [4.69, 9.17) is 14.4 Å². The Morgan fingerprint density at radius 2 is 1.24 bits per heavy atom. The monoisotopic (exact) mass is 823 g/mol. The molecule has 3 heterocycles. The largest absolute Gasteiger partial charge is 0.507 e. The van der Waals surface area contributed by atoms with Crippen LogP contribution in [-0.2, 0) is 16.2 Å². The number of benzene rings is 7. The van der Waals surface area contributed by atoms with Crippen LogP contribution in [0.2, 0.25) is 0 Å². The Labute approximate surface area is 369 Å². The van der Waals surface area contributed by atoms with Crippen LogP contribution in [0, 0.1) is 0 Å². The Balaban J connectivity index is 1.24.